The van der Waals surface area contributed by atoms with E-state index in [1.165, 1.54) is 0 Å². The lowest BCUT2D eigenvalue weighted by Gasteiger charge is -2.23. The molecule has 3 atom stereocenters. The molecule has 0 radical (unpaired) electrons. The number of carbonyl (C=O) groups is 5. The number of hydrogen-bond acceptors (Lipinski definition) is 8. The summed E-state index contributed by atoms with van der Waals surface area (Å²) in [5, 5.41) is 24.3. The van der Waals surface area contributed by atoms with Crippen molar-refractivity contribution in [2.24, 2.45) is 11.5 Å². The first-order valence-electron chi connectivity index (χ1n) is 9.00. The molecular formula is C16H29N5O7S. The Morgan fingerprint density at radius 2 is 1.48 bits per heavy atom. The number of aliphatic carboxylic acids is 2. The Hall–Kier alpha value is -2.38. The highest BCUT2D eigenvalue weighted by Gasteiger charge is 2.27. The van der Waals surface area contributed by atoms with Crippen molar-refractivity contribution in [2.75, 3.05) is 18.8 Å². The Bertz CT molecular complexity index is 590. The maximum atomic E-state index is 12.6. The van der Waals surface area contributed by atoms with Crippen LogP contribution in [0, 0.1) is 0 Å². The molecule has 0 aromatic heterocycles. The van der Waals surface area contributed by atoms with Gasteiger partial charge in [0, 0.05) is 12.2 Å². The highest BCUT2D eigenvalue weighted by molar-refractivity contribution is 7.80. The molecule has 0 bridgehead atoms. The zero-order valence-electron chi connectivity index (χ0n) is 15.9. The van der Waals surface area contributed by atoms with Gasteiger partial charge in [-0.3, -0.25) is 24.0 Å². The van der Waals surface area contributed by atoms with Crippen molar-refractivity contribution in [3.8, 4) is 0 Å². The smallest absolute Gasteiger partial charge is 0.322 e. The number of carbonyl (C=O) groups excluding carboxylic acids is 3. The third-order valence-electron chi connectivity index (χ3n) is 3.82. The van der Waals surface area contributed by atoms with Crippen LogP contribution in [0.5, 0.6) is 0 Å². The lowest BCUT2D eigenvalue weighted by Crippen LogP contribution is -2.56. The van der Waals surface area contributed by atoms with E-state index in [2.05, 4.69) is 28.6 Å². The van der Waals surface area contributed by atoms with Crippen LogP contribution in [0.25, 0.3) is 0 Å². The van der Waals surface area contributed by atoms with Gasteiger partial charge in [0.15, 0.2) is 0 Å². The normalized spacial score (nSPS) is 13.6. The summed E-state index contributed by atoms with van der Waals surface area (Å²) in [4.78, 5) is 57.8. The predicted molar refractivity (Wildman–Crippen MR) is 106 cm³/mol. The molecule has 0 aromatic carbocycles. The molecule has 12 nitrogen and oxygen atoms in total. The van der Waals surface area contributed by atoms with Gasteiger partial charge >= 0.3 is 11.9 Å². The molecule has 0 rings (SSSR count). The Kier molecular flexibility index (Phi) is 13.4. The number of hydrogen-bond donors (Lipinski definition) is 8. The second-order valence-electron chi connectivity index (χ2n) is 6.24. The third-order valence-corrected chi connectivity index (χ3v) is 4.18. The van der Waals surface area contributed by atoms with E-state index >= 15 is 0 Å². The second kappa shape index (κ2) is 14.6. The van der Waals surface area contributed by atoms with Crippen LogP contribution in [-0.2, 0) is 24.0 Å². The number of nitrogens with one attached hydrogen (secondary N) is 3. The van der Waals surface area contributed by atoms with Gasteiger partial charge in [-0.2, -0.15) is 12.6 Å². The highest BCUT2D eigenvalue weighted by Crippen LogP contribution is 2.04. The zero-order chi connectivity index (χ0) is 22.4. The fraction of sp³-hybridized carbons (Fsp3) is 0.688. The van der Waals surface area contributed by atoms with E-state index in [1.807, 2.05) is 0 Å². The predicted octanol–water partition coefficient (Wildman–Crippen LogP) is -2.59. The largest absolute Gasteiger partial charge is 0.481 e. The molecule has 166 valence electrons. The van der Waals surface area contributed by atoms with E-state index in [0.29, 0.717) is 19.4 Å². The molecule has 0 saturated heterocycles. The summed E-state index contributed by atoms with van der Waals surface area (Å²) in [7, 11) is 0. The Morgan fingerprint density at radius 3 is 2.00 bits per heavy atom. The topological polar surface area (TPSA) is 214 Å². The number of unbranched alkanes of at least 4 members (excludes halogenated alkanes) is 1. The van der Waals surface area contributed by atoms with Gasteiger partial charge in [-0.25, -0.2) is 0 Å². The SMILES string of the molecule is NCCCCC(NC(=O)C(N)CCC(=O)O)C(=O)NC(CS)C(=O)NCC(=O)O. The first kappa shape index (κ1) is 26.6. The summed E-state index contributed by atoms with van der Waals surface area (Å²) < 4.78 is 0. The van der Waals surface area contributed by atoms with Gasteiger partial charge in [-0.1, -0.05) is 0 Å². The van der Waals surface area contributed by atoms with E-state index in [9.17, 15) is 24.0 Å². The molecule has 29 heavy (non-hydrogen) atoms. The van der Waals surface area contributed by atoms with Gasteiger partial charge < -0.3 is 37.6 Å². The summed E-state index contributed by atoms with van der Waals surface area (Å²) in [5.41, 5.74) is 11.1. The van der Waals surface area contributed by atoms with E-state index in [1.54, 1.807) is 0 Å². The Morgan fingerprint density at radius 1 is 0.862 bits per heavy atom. The van der Waals surface area contributed by atoms with Crippen LogP contribution in [0.15, 0.2) is 0 Å². The van der Waals surface area contributed by atoms with Crippen molar-refractivity contribution in [3.05, 3.63) is 0 Å². The van der Waals surface area contributed by atoms with Gasteiger partial charge in [-0.15, -0.1) is 0 Å². The quantitative estimate of drug-likeness (QED) is 0.0998. The number of nitrogens with two attached hydrogens (primary N) is 2. The Balaban J connectivity index is 4.99. The lowest BCUT2D eigenvalue weighted by molar-refractivity contribution is -0.139. The summed E-state index contributed by atoms with van der Waals surface area (Å²) in [6, 6.07) is -3.25. The molecular weight excluding hydrogens is 406 g/mol. The monoisotopic (exact) mass is 435 g/mol. The van der Waals surface area contributed by atoms with Crippen molar-refractivity contribution in [1.29, 1.82) is 0 Å². The molecule has 0 heterocycles. The van der Waals surface area contributed by atoms with Gasteiger partial charge in [0.1, 0.15) is 18.6 Å². The van der Waals surface area contributed by atoms with E-state index in [-0.39, 0.29) is 25.0 Å². The number of thiol groups is 1. The van der Waals surface area contributed by atoms with E-state index in [0.717, 1.165) is 0 Å². The lowest BCUT2D eigenvalue weighted by atomic mass is 10.1. The Labute approximate surface area is 173 Å². The molecule has 0 aliphatic carbocycles. The molecule has 0 spiro atoms. The van der Waals surface area contributed by atoms with Gasteiger partial charge in [0.2, 0.25) is 17.7 Å². The fourth-order valence-corrected chi connectivity index (χ4v) is 2.46. The van der Waals surface area contributed by atoms with Gasteiger partial charge in [-0.05, 0) is 32.2 Å². The maximum Gasteiger partial charge on any atom is 0.322 e. The van der Waals surface area contributed by atoms with E-state index < -0.39 is 54.3 Å². The number of amides is 3. The number of carboxylic acids is 2. The average Bonchev–Trinajstić information content (AvgIpc) is 2.67. The molecule has 13 heteroatoms. The maximum absolute atomic E-state index is 12.6. The standard InChI is InChI=1S/C16H29N5O7S/c17-6-2-1-3-10(20-14(26)9(18)4-5-12(22)23)16(28)21-11(8-29)15(27)19-7-13(24)25/h9-11,29H,1-8,17-18H2,(H,19,27)(H,20,26)(H,21,28)(H,22,23)(H,24,25). The molecule has 0 aliphatic heterocycles. The molecule has 3 unspecified atom stereocenters. The zero-order valence-corrected chi connectivity index (χ0v) is 16.8. The van der Waals surface area contributed by atoms with Crippen molar-refractivity contribution in [3.63, 3.8) is 0 Å². The molecule has 3 amide bonds. The summed E-state index contributed by atoms with van der Waals surface area (Å²) in [5.74, 6) is -4.55. The molecule has 9 N–H and O–H groups in total. The minimum Gasteiger partial charge on any atom is -0.481 e. The fourth-order valence-electron chi connectivity index (χ4n) is 2.20. The van der Waals surface area contributed by atoms with Crippen molar-refractivity contribution in [1.82, 2.24) is 16.0 Å². The van der Waals surface area contributed by atoms with Gasteiger partial charge in [0.25, 0.3) is 0 Å². The van der Waals surface area contributed by atoms with E-state index in [4.69, 9.17) is 21.7 Å². The average molecular weight is 436 g/mol. The van der Waals surface area contributed by atoms with Crippen molar-refractivity contribution < 1.29 is 34.2 Å². The minimum atomic E-state index is -1.25. The van der Waals surface area contributed by atoms with Crippen LogP contribution >= 0.6 is 12.6 Å². The van der Waals surface area contributed by atoms with Crippen LogP contribution in [0.4, 0.5) is 0 Å². The molecule has 0 aliphatic rings. The number of carboxylic acid groups (broad SMARTS) is 2. The second-order valence-corrected chi connectivity index (χ2v) is 6.60. The number of rotatable bonds is 15. The van der Waals surface area contributed by atoms with Crippen molar-refractivity contribution in [2.45, 2.75) is 50.2 Å². The summed E-state index contributed by atoms with van der Waals surface area (Å²) in [6.45, 7) is -0.231. The molecule has 0 saturated carbocycles. The summed E-state index contributed by atoms with van der Waals surface area (Å²) >= 11 is 3.98. The van der Waals surface area contributed by atoms with Crippen LogP contribution in [-0.4, -0.2) is 76.8 Å². The summed E-state index contributed by atoms with van der Waals surface area (Å²) in [6.07, 6.45) is 0.922. The highest BCUT2D eigenvalue weighted by atomic mass is 32.1. The third kappa shape index (κ3) is 11.9. The van der Waals surface area contributed by atoms with Crippen LogP contribution in [0.2, 0.25) is 0 Å². The molecule has 0 aromatic rings. The molecule has 0 fully saturated rings. The first-order valence-corrected chi connectivity index (χ1v) is 9.64. The van der Waals surface area contributed by atoms with Crippen molar-refractivity contribution >= 4 is 42.3 Å². The first-order chi connectivity index (χ1) is 13.6. The van der Waals surface area contributed by atoms with Crippen LogP contribution < -0.4 is 27.4 Å². The van der Waals surface area contributed by atoms with Crippen LogP contribution in [0.3, 0.4) is 0 Å². The minimum absolute atomic E-state index is 0.0984. The van der Waals surface area contributed by atoms with Gasteiger partial charge in [0.05, 0.1) is 6.04 Å². The van der Waals surface area contributed by atoms with Crippen LogP contribution in [0.1, 0.15) is 32.1 Å².